The van der Waals surface area contributed by atoms with E-state index in [1.807, 2.05) is 0 Å². The van der Waals surface area contributed by atoms with Crippen LogP contribution in [0.1, 0.15) is 5.56 Å². The molecule has 0 bridgehead atoms. The summed E-state index contributed by atoms with van der Waals surface area (Å²) in [5, 5.41) is 0. The van der Waals surface area contributed by atoms with Gasteiger partial charge in [0.25, 0.3) is 0 Å². The molecule has 0 spiro atoms. The van der Waals surface area contributed by atoms with Gasteiger partial charge in [0, 0.05) is 0 Å². The Labute approximate surface area is 77.3 Å². The summed E-state index contributed by atoms with van der Waals surface area (Å²) in [6, 6.07) is 6.48. The highest BCUT2D eigenvalue weighted by Crippen LogP contribution is 2.12. The van der Waals surface area contributed by atoms with E-state index in [1.54, 1.807) is 25.1 Å². The normalized spacial score (nSPS) is 11.5. The van der Waals surface area contributed by atoms with Crippen LogP contribution < -0.4 is 0 Å². The van der Waals surface area contributed by atoms with Gasteiger partial charge in [-0.1, -0.05) is 12.1 Å². The molecule has 0 amide bonds. The third kappa shape index (κ3) is 2.52. The lowest BCUT2D eigenvalue weighted by molar-refractivity contribution is 0.517. The summed E-state index contributed by atoms with van der Waals surface area (Å²) in [7, 11) is -3.41. The van der Waals surface area contributed by atoms with Crippen molar-refractivity contribution in [2.75, 3.05) is 12.4 Å². The van der Waals surface area contributed by atoms with Crippen molar-refractivity contribution in [2.24, 2.45) is 0 Å². The SMILES string of the molecule is Cc1cccc(S(=O)(=O)CCF)c1. The standard InChI is InChI=1S/C9H11FO2S/c1-8-3-2-4-9(7-8)13(11,12)6-5-10/h2-4,7H,5-6H2,1H3. The average Bonchev–Trinajstić information content (AvgIpc) is 2.04. The van der Waals surface area contributed by atoms with Crippen LogP contribution in [0.4, 0.5) is 4.39 Å². The smallest absolute Gasteiger partial charge is 0.180 e. The summed E-state index contributed by atoms with van der Waals surface area (Å²) in [4.78, 5) is 0.199. The first-order valence-corrected chi connectivity index (χ1v) is 5.57. The molecule has 72 valence electrons. The second-order valence-electron chi connectivity index (χ2n) is 2.82. The summed E-state index contributed by atoms with van der Waals surface area (Å²) in [6.07, 6.45) is 0. The van der Waals surface area contributed by atoms with E-state index in [0.29, 0.717) is 0 Å². The first-order chi connectivity index (χ1) is 6.06. The van der Waals surface area contributed by atoms with Crippen molar-refractivity contribution in [1.82, 2.24) is 0 Å². The molecule has 4 heteroatoms. The molecule has 0 radical (unpaired) electrons. The number of halogens is 1. The fourth-order valence-electron chi connectivity index (χ4n) is 1.03. The maximum absolute atomic E-state index is 11.9. The van der Waals surface area contributed by atoms with Gasteiger partial charge < -0.3 is 0 Å². The number of sulfone groups is 1. The Bertz CT molecular complexity index is 384. The highest BCUT2D eigenvalue weighted by Gasteiger charge is 2.13. The molecule has 0 aliphatic carbocycles. The second-order valence-corrected chi connectivity index (χ2v) is 4.93. The predicted molar refractivity (Wildman–Crippen MR) is 49.2 cm³/mol. The van der Waals surface area contributed by atoms with Gasteiger partial charge in [-0.25, -0.2) is 12.8 Å². The summed E-state index contributed by atoms with van der Waals surface area (Å²) >= 11 is 0. The van der Waals surface area contributed by atoms with Crippen molar-refractivity contribution in [1.29, 1.82) is 0 Å². The number of rotatable bonds is 3. The summed E-state index contributed by atoms with van der Waals surface area (Å²) < 4.78 is 34.6. The molecule has 13 heavy (non-hydrogen) atoms. The van der Waals surface area contributed by atoms with Crippen LogP contribution in [0.3, 0.4) is 0 Å². The third-order valence-corrected chi connectivity index (χ3v) is 3.36. The van der Waals surface area contributed by atoms with Crippen LogP contribution in [-0.4, -0.2) is 20.8 Å². The highest BCUT2D eigenvalue weighted by molar-refractivity contribution is 7.91. The van der Waals surface area contributed by atoms with E-state index < -0.39 is 22.3 Å². The first-order valence-electron chi connectivity index (χ1n) is 3.91. The molecule has 0 aliphatic rings. The molecule has 1 aromatic rings. The Morgan fingerprint density at radius 3 is 2.62 bits per heavy atom. The van der Waals surface area contributed by atoms with Gasteiger partial charge in [0.05, 0.1) is 10.6 Å². The Morgan fingerprint density at radius 2 is 2.08 bits per heavy atom. The van der Waals surface area contributed by atoms with Crippen LogP contribution in [0, 0.1) is 6.92 Å². The van der Waals surface area contributed by atoms with Crippen LogP contribution in [-0.2, 0) is 9.84 Å². The summed E-state index contributed by atoms with van der Waals surface area (Å²) in [6.45, 7) is 0.963. The van der Waals surface area contributed by atoms with Gasteiger partial charge in [-0.2, -0.15) is 0 Å². The van der Waals surface area contributed by atoms with E-state index in [4.69, 9.17) is 0 Å². The van der Waals surface area contributed by atoms with Crippen molar-refractivity contribution in [2.45, 2.75) is 11.8 Å². The van der Waals surface area contributed by atoms with Crippen molar-refractivity contribution >= 4 is 9.84 Å². The molecule has 1 aromatic carbocycles. The Hall–Kier alpha value is -0.900. The second kappa shape index (κ2) is 3.87. The van der Waals surface area contributed by atoms with E-state index >= 15 is 0 Å². The van der Waals surface area contributed by atoms with Gasteiger partial charge in [-0.05, 0) is 24.6 Å². The van der Waals surface area contributed by atoms with Gasteiger partial charge in [0.15, 0.2) is 9.84 Å². The van der Waals surface area contributed by atoms with Crippen molar-refractivity contribution in [3.05, 3.63) is 29.8 Å². The highest BCUT2D eigenvalue weighted by atomic mass is 32.2. The van der Waals surface area contributed by atoms with Crippen LogP contribution in [0.25, 0.3) is 0 Å². The monoisotopic (exact) mass is 202 g/mol. The number of aryl methyl sites for hydroxylation is 1. The van der Waals surface area contributed by atoms with Crippen molar-refractivity contribution in [3.63, 3.8) is 0 Å². The van der Waals surface area contributed by atoms with Gasteiger partial charge in [-0.15, -0.1) is 0 Å². The van der Waals surface area contributed by atoms with Gasteiger partial charge in [0.1, 0.15) is 6.67 Å². The van der Waals surface area contributed by atoms with Crippen LogP contribution in [0.15, 0.2) is 29.2 Å². The molecule has 0 heterocycles. The predicted octanol–water partition coefficient (Wildman–Crippen LogP) is 1.74. The molecule has 0 N–H and O–H groups in total. The fraction of sp³-hybridized carbons (Fsp3) is 0.333. The lowest BCUT2D eigenvalue weighted by atomic mass is 10.2. The topological polar surface area (TPSA) is 34.1 Å². The molecule has 0 atom stereocenters. The minimum Gasteiger partial charge on any atom is -0.250 e. The summed E-state index contributed by atoms with van der Waals surface area (Å²) in [5.74, 6) is -0.434. The zero-order valence-corrected chi connectivity index (χ0v) is 8.14. The van der Waals surface area contributed by atoms with E-state index in [1.165, 1.54) is 6.07 Å². The number of alkyl halides is 1. The fourth-order valence-corrected chi connectivity index (χ4v) is 2.12. The zero-order valence-electron chi connectivity index (χ0n) is 7.33. The molecule has 0 fully saturated rings. The molecule has 0 aromatic heterocycles. The molecule has 1 rings (SSSR count). The average molecular weight is 202 g/mol. The number of hydrogen-bond donors (Lipinski definition) is 0. The van der Waals surface area contributed by atoms with Crippen LogP contribution in [0.2, 0.25) is 0 Å². The third-order valence-electron chi connectivity index (χ3n) is 1.69. The summed E-state index contributed by atoms with van der Waals surface area (Å²) in [5.41, 5.74) is 0.861. The molecule has 0 aliphatic heterocycles. The lowest BCUT2D eigenvalue weighted by Gasteiger charge is -2.01. The minimum absolute atomic E-state index is 0.199. The van der Waals surface area contributed by atoms with E-state index in [-0.39, 0.29) is 4.90 Å². The van der Waals surface area contributed by atoms with Gasteiger partial charge >= 0.3 is 0 Å². The Kier molecular flexibility index (Phi) is 3.03. The van der Waals surface area contributed by atoms with Crippen molar-refractivity contribution < 1.29 is 12.8 Å². The van der Waals surface area contributed by atoms with E-state index in [9.17, 15) is 12.8 Å². The minimum atomic E-state index is -3.41. The van der Waals surface area contributed by atoms with Gasteiger partial charge in [0.2, 0.25) is 0 Å². The largest absolute Gasteiger partial charge is 0.250 e. The molecule has 0 saturated heterocycles. The first kappa shape index (κ1) is 10.2. The lowest BCUT2D eigenvalue weighted by Crippen LogP contribution is -2.08. The molecular weight excluding hydrogens is 191 g/mol. The maximum atomic E-state index is 11.9. The zero-order chi connectivity index (χ0) is 9.90. The maximum Gasteiger partial charge on any atom is 0.180 e. The van der Waals surface area contributed by atoms with Crippen LogP contribution >= 0.6 is 0 Å². The van der Waals surface area contributed by atoms with Crippen LogP contribution in [0.5, 0.6) is 0 Å². The van der Waals surface area contributed by atoms with E-state index in [0.717, 1.165) is 5.56 Å². The molecule has 0 unspecified atom stereocenters. The van der Waals surface area contributed by atoms with E-state index in [2.05, 4.69) is 0 Å². The number of hydrogen-bond acceptors (Lipinski definition) is 2. The Balaban J connectivity index is 3.08. The number of benzene rings is 1. The quantitative estimate of drug-likeness (QED) is 0.748. The molecule has 0 saturated carbocycles. The molecule has 2 nitrogen and oxygen atoms in total. The Morgan fingerprint density at radius 1 is 1.38 bits per heavy atom. The van der Waals surface area contributed by atoms with Gasteiger partial charge in [-0.3, -0.25) is 0 Å². The van der Waals surface area contributed by atoms with Crippen molar-refractivity contribution in [3.8, 4) is 0 Å². The molecular formula is C9H11FO2S.